The second kappa shape index (κ2) is 8.05. The summed E-state index contributed by atoms with van der Waals surface area (Å²) in [6.45, 7) is 0.549. The number of aryl methyl sites for hydroxylation is 2. The Bertz CT molecular complexity index is 1110. The minimum Gasteiger partial charge on any atom is -0.350 e. The SMILES string of the molecule is Cn1cc(-c2cnc(-c3ccnn3C)nc2)cc1C(=O)NCCc1cccnc1. The second-order valence-corrected chi connectivity index (χ2v) is 6.73. The van der Waals surface area contributed by atoms with Crippen LogP contribution in [-0.2, 0) is 20.5 Å². The van der Waals surface area contributed by atoms with Crippen LogP contribution in [0.15, 0.2) is 61.4 Å². The highest BCUT2D eigenvalue weighted by Crippen LogP contribution is 2.22. The topological polar surface area (TPSA) is 90.5 Å². The van der Waals surface area contributed by atoms with Gasteiger partial charge in [-0.05, 0) is 30.2 Å². The number of hydrogen-bond acceptors (Lipinski definition) is 5. The summed E-state index contributed by atoms with van der Waals surface area (Å²) in [6.07, 6.45) is 11.4. The Morgan fingerprint density at radius 2 is 1.90 bits per heavy atom. The van der Waals surface area contributed by atoms with Gasteiger partial charge in [-0.2, -0.15) is 5.10 Å². The fraction of sp³-hybridized carbons (Fsp3) is 0.190. The normalized spacial score (nSPS) is 10.8. The zero-order valence-corrected chi connectivity index (χ0v) is 16.3. The van der Waals surface area contributed by atoms with Crippen molar-refractivity contribution in [2.75, 3.05) is 6.54 Å². The number of nitrogens with one attached hydrogen (secondary N) is 1. The maximum Gasteiger partial charge on any atom is 0.267 e. The largest absolute Gasteiger partial charge is 0.350 e. The Balaban J connectivity index is 1.44. The number of nitrogens with zero attached hydrogens (tertiary/aromatic N) is 6. The van der Waals surface area contributed by atoms with Crippen molar-refractivity contribution in [2.45, 2.75) is 6.42 Å². The predicted molar refractivity (Wildman–Crippen MR) is 109 cm³/mol. The monoisotopic (exact) mass is 387 g/mol. The lowest BCUT2D eigenvalue weighted by Crippen LogP contribution is -2.27. The molecule has 1 N–H and O–H groups in total. The van der Waals surface area contributed by atoms with E-state index in [-0.39, 0.29) is 5.91 Å². The van der Waals surface area contributed by atoms with E-state index in [1.54, 1.807) is 29.5 Å². The summed E-state index contributed by atoms with van der Waals surface area (Å²) in [4.78, 5) is 25.5. The molecule has 0 aliphatic carbocycles. The van der Waals surface area contributed by atoms with Gasteiger partial charge in [0.1, 0.15) is 11.4 Å². The average molecular weight is 387 g/mol. The van der Waals surface area contributed by atoms with Gasteiger partial charge in [0.05, 0.1) is 0 Å². The average Bonchev–Trinajstić information content (AvgIpc) is 3.34. The van der Waals surface area contributed by atoms with Crippen LogP contribution in [0.4, 0.5) is 0 Å². The van der Waals surface area contributed by atoms with E-state index in [2.05, 4.69) is 25.4 Å². The molecule has 0 spiro atoms. The highest BCUT2D eigenvalue weighted by molar-refractivity contribution is 5.94. The number of amides is 1. The first-order valence-corrected chi connectivity index (χ1v) is 9.26. The number of carbonyl (C=O) groups excluding carboxylic acids is 1. The molecule has 0 saturated heterocycles. The van der Waals surface area contributed by atoms with Gasteiger partial charge in [0.25, 0.3) is 5.91 Å². The van der Waals surface area contributed by atoms with Gasteiger partial charge in [-0.15, -0.1) is 0 Å². The minimum atomic E-state index is -0.116. The molecule has 4 aromatic heterocycles. The van der Waals surface area contributed by atoms with Gasteiger partial charge in [0.2, 0.25) is 0 Å². The molecule has 0 fully saturated rings. The lowest BCUT2D eigenvalue weighted by molar-refractivity contribution is 0.0946. The Labute approximate surface area is 168 Å². The number of rotatable bonds is 6. The summed E-state index contributed by atoms with van der Waals surface area (Å²) >= 11 is 0. The number of pyridine rings is 1. The lowest BCUT2D eigenvalue weighted by atomic mass is 10.2. The molecule has 8 heteroatoms. The molecule has 0 aliphatic rings. The van der Waals surface area contributed by atoms with Crippen LogP contribution in [-0.4, -0.2) is 41.8 Å². The minimum absolute atomic E-state index is 0.116. The molecule has 4 aromatic rings. The van der Waals surface area contributed by atoms with Crippen LogP contribution in [0.25, 0.3) is 22.6 Å². The molecule has 0 aromatic carbocycles. The molecule has 8 nitrogen and oxygen atoms in total. The Hall–Kier alpha value is -3.81. The maximum atomic E-state index is 12.6. The molecule has 0 bridgehead atoms. The zero-order chi connectivity index (χ0) is 20.2. The highest BCUT2D eigenvalue weighted by atomic mass is 16.1. The van der Waals surface area contributed by atoms with Crippen molar-refractivity contribution < 1.29 is 4.79 Å². The summed E-state index contributed by atoms with van der Waals surface area (Å²) in [7, 11) is 3.70. The summed E-state index contributed by atoms with van der Waals surface area (Å²) < 4.78 is 3.54. The number of hydrogen-bond donors (Lipinski definition) is 1. The molecular formula is C21H21N7O. The van der Waals surface area contributed by atoms with E-state index in [0.717, 1.165) is 28.8 Å². The van der Waals surface area contributed by atoms with Crippen molar-refractivity contribution in [1.29, 1.82) is 0 Å². The third-order valence-electron chi connectivity index (χ3n) is 4.69. The quantitative estimate of drug-likeness (QED) is 0.548. The zero-order valence-electron chi connectivity index (χ0n) is 16.3. The van der Waals surface area contributed by atoms with Gasteiger partial charge in [-0.3, -0.25) is 14.5 Å². The van der Waals surface area contributed by atoms with Gasteiger partial charge in [0, 0.05) is 68.9 Å². The molecule has 0 atom stereocenters. The number of carbonyl (C=O) groups is 1. The van der Waals surface area contributed by atoms with Crippen LogP contribution in [0, 0.1) is 0 Å². The van der Waals surface area contributed by atoms with Crippen molar-refractivity contribution in [1.82, 2.24) is 34.6 Å². The van der Waals surface area contributed by atoms with Crippen LogP contribution in [0.1, 0.15) is 16.1 Å². The van der Waals surface area contributed by atoms with E-state index in [1.165, 1.54) is 0 Å². The Morgan fingerprint density at radius 1 is 1.07 bits per heavy atom. The van der Waals surface area contributed by atoms with E-state index in [0.29, 0.717) is 18.1 Å². The third-order valence-corrected chi connectivity index (χ3v) is 4.69. The van der Waals surface area contributed by atoms with Crippen LogP contribution in [0.2, 0.25) is 0 Å². The fourth-order valence-electron chi connectivity index (χ4n) is 3.11. The van der Waals surface area contributed by atoms with Gasteiger partial charge < -0.3 is 9.88 Å². The first kappa shape index (κ1) is 18.5. The molecule has 0 aliphatic heterocycles. The fourth-order valence-corrected chi connectivity index (χ4v) is 3.11. The van der Waals surface area contributed by atoms with Crippen LogP contribution >= 0.6 is 0 Å². The first-order chi connectivity index (χ1) is 14.1. The Morgan fingerprint density at radius 3 is 2.59 bits per heavy atom. The van der Waals surface area contributed by atoms with Gasteiger partial charge in [0.15, 0.2) is 5.82 Å². The summed E-state index contributed by atoms with van der Waals surface area (Å²) in [5.74, 6) is 0.494. The molecule has 1 amide bonds. The molecular weight excluding hydrogens is 366 g/mol. The van der Waals surface area contributed by atoms with Gasteiger partial charge >= 0.3 is 0 Å². The highest BCUT2D eigenvalue weighted by Gasteiger charge is 2.13. The van der Waals surface area contributed by atoms with Crippen molar-refractivity contribution in [2.24, 2.45) is 14.1 Å². The van der Waals surface area contributed by atoms with E-state index in [4.69, 9.17) is 0 Å². The molecule has 29 heavy (non-hydrogen) atoms. The van der Waals surface area contributed by atoms with E-state index in [1.807, 2.05) is 55.3 Å². The van der Waals surface area contributed by atoms with Gasteiger partial charge in [-0.1, -0.05) is 6.07 Å². The lowest BCUT2D eigenvalue weighted by Gasteiger charge is -2.05. The van der Waals surface area contributed by atoms with E-state index < -0.39 is 0 Å². The molecule has 146 valence electrons. The number of aromatic nitrogens is 6. The molecule has 0 unspecified atom stereocenters. The maximum absolute atomic E-state index is 12.6. The summed E-state index contributed by atoms with van der Waals surface area (Å²) in [6, 6.07) is 7.60. The van der Waals surface area contributed by atoms with E-state index >= 15 is 0 Å². The smallest absolute Gasteiger partial charge is 0.267 e. The van der Waals surface area contributed by atoms with Crippen LogP contribution in [0.3, 0.4) is 0 Å². The third kappa shape index (κ3) is 4.06. The Kier molecular flexibility index (Phi) is 5.15. The standard InChI is InChI=1S/C21H21N7O/c1-27-14-16(17-12-24-20(25-13-17)18-6-9-26-28(18)2)10-19(27)21(29)23-8-5-15-4-3-7-22-11-15/h3-4,6-7,9-14H,5,8H2,1-2H3,(H,23,29). The predicted octanol–water partition coefficient (Wildman–Crippen LogP) is 2.25. The molecule has 4 rings (SSSR count). The first-order valence-electron chi connectivity index (χ1n) is 9.26. The van der Waals surface area contributed by atoms with Crippen LogP contribution < -0.4 is 5.32 Å². The summed E-state index contributed by atoms with van der Waals surface area (Å²) in [5.41, 5.74) is 4.26. The molecule has 0 radical (unpaired) electrons. The van der Waals surface area contributed by atoms with Crippen LogP contribution in [0.5, 0.6) is 0 Å². The van der Waals surface area contributed by atoms with Crippen molar-refractivity contribution in [3.05, 3.63) is 72.7 Å². The van der Waals surface area contributed by atoms with Crippen molar-refractivity contribution in [3.63, 3.8) is 0 Å². The second-order valence-electron chi connectivity index (χ2n) is 6.73. The summed E-state index contributed by atoms with van der Waals surface area (Å²) in [5, 5.41) is 7.10. The molecule has 4 heterocycles. The van der Waals surface area contributed by atoms with E-state index in [9.17, 15) is 4.79 Å². The van der Waals surface area contributed by atoms with Gasteiger partial charge in [-0.25, -0.2) is 9.97 Å². The van der Waals surface area contributed by atoms with Crippen molar-refractivity contribution in [3.8, 4) is 22.6 Å². The molecule has 0 saturated carbocycles. The van der Waals surface area contributed by atoms with Crippen molar-refractivity contribution >= 4 is 5.91 Å².